The molecule has 0 aliphatic carbocycles. The van der Waals surface area contributed by atoms with Crippen LogP contribution in [0.5, 0.6) is 17.2 Å². The van der Waals surface area contributed by atoms with E-state index in [1.807, 2.05) is 36.4 Å². The molecule has 3 aromatic carbocycles. The third kappa shape index (κ3) is 6.09. The number of methoxy groups -OCH3 is 2. The summed E-state index contributed by atoms with van der Waals surface area (Å²) in [7, 11) is 3.24. The van der Waals surface area contributed by atoms with E-state index >= 15 is 0 Å². The molecule has 0 aromatic heterocycles. The molecule has 1 aliphatic rings. The first-order chi connectivity index (χ1) is 17.9. The zero-order valence-electron chi connectivity index (χ0n) is 21.0. The van der Waals surface area contributed by atoms with Gasteiger partial charge in [0, 0.05) is 6.54 Å². The maximum Gasteiger partial charge on any atom is 0.338 e. The van der Waals surface area contributed by atoms with Crippen LogP contribution in [0.4, 0.5) is 5.69 Å². The van der Waals surface area contributed by atoms with Gasteiger partial charge in [0.25, 0.3) is 0 Å². The molecule has 4 rings (SSSR count). The molecule has 0 saturated carbocycles. The van der Waals surface area contributed by atoms with Crippen LogP contribution in [0.1, 0.15) is 34.5 Å². The van der Waals surface area contributed by atoms with Crippen molar-refractivity contribution in [1.29, 1.82) is 0 Å². The van der Waals surface area contributed by atoms with Crippen LogP contribution in [-0.4, -0.2) is 50.0 Å². The number of thiocarbonyl (C=S) groups is 1. The Morgan fingerprint density at radius 2 is 1.78 bits per heavy atom. The Labute approximate surface area is 227 Å². The molecule has 3 aromatic rings. The fourth-order valence-electron chi connectivity index (χ4n) is 4.28. The maximum atomic E-state index is 12.0. The Balaban J connectivity index is 1.61. The second kappa shape index (κ2) is 12.2. The first-order valence-electron chi connectivity index (χ1n) is 11.9. The van der Waals surface area contributed by atoms with Crippen LogP contribution in [0.3, 0.4) is 0 Å². The van der Waals surface area contributed by atoms with Crippen LogP contribution in [0.25, 0.3) is 0 Å². The van der Waals surface area contributed by atoms with Crippen molar-refractivity contribution < 1.29 is 23.7 Å². The van der Waals surface area contributed by atoms with Crippen molar-refractivity contribution in [3.05, 3.63) is 82.4 Å². The topological polar surface area (TPSA) is 69.3 Å². The number of para-hydroxylation sites is 1. The number of carbonyl (C=O) groups is 1. The molecule has 0 unspecified atom stereocenters. The molecule has 9 heteroatoms. The van der Waals surface area contributed by atoms with E-state index in [4.69, 9.17) is 42.8 Å². The molecular formula is C28H29ClN2O5S. The number of carbonyl (C=O) groups excluding carboxylic acids is 1. The highest BCUT2D eigenvalue weighted by Crippen LogP contribution is 2.39. The molecule has 1 heterocycles. The lowest BCUT2D eigenvalue weighted by Gasteiger charge is -2.39. The molecule has 0 fully saturated rings. The standard InChI is InChI=1S/C28H29ClN2O5S/c1-4-35-27(32)18-9-11-20(12-10-18)36-17-24-21-16-26(34-3)25(33-2)15-19(21)13-14-31(24)28(37)30-23-8-6-5-7-22(23)29/h5-12,15-16,24H,4,13-14,17H2,1-3H3,(H,30,37)/t24-/m1/s1. The first kappa shape index (κ1) is 26.6. The van der Waals surface area contributed by atoms with E-state index in [0.717, 1.165) is 23.2 Å². The van der Waals surface area contributed by atoms with E-state index in [1.165, 1.54) is 0 Å². The summed E-state index contributed by atoms with van der Waals surface area (Å²) in [5.41, 5.74) is 3.39. The Kier molecular flexibility index (Phi) is 8.74. The highest BCUT2D eigenvalue weighted by Gasteiger charge is 2.31. The van der Waals surface area contributed by atoms with Gasteiger partial charge in [0.15, 0.2) is 16.6 Å². The van der Waals surface area contributed by atoms with E-state index in [-0.39, 0.29) is 12.0 Å². The zero-order valence-corrected chi connectivity index (χ0v) is 22.5. The Morgan fingerprint density at radius 3 is 2.46 bits per heavy atom. The third-order valence-corrected chi connectivity index (χ3v) is 6.82. The van der Waals surface area contributed by atoms with Crippen molar-refractivity contribution in [2.75, 3.05) is 39.3 Å². The van der Waals surface area contributed by atoms with Gasteiger partial charge in [0.1, 0.15) is 12.4 Å². The lowest BCUT2D eigenvalue weighted by atomic mass is 9.92. The van der Waals surface area contributed by atoms with E-state index in [2.05, 4.69) is 10.2 Å². The summed E-state index contributed by atoms with van der Waals surface area (Å²) in [6, 6.07) is 18.2. The van der Waals surface area contributed by atoms with Gasteiger partial charge in [0.2, 0.25) is 0 Å². The van der Waals surface area contributed by atoms with Gasteiger partial charge in [-0.2, -0.15) is 0 Å². The van der Waals surface area contributed by atoms with Crippen molar-refractivity contribution >= 4 is 40.6 Å². The Bertz CT molecular complexity index is 1270. The van der Waals surface area contributed by atoms with Gasteiger partial charge in [-0.05, 0) is 85.2 Å². The van der Waals surface area contributed by atoms with Crippen molar-refractivity contribution in [2.24, 2.45) is 0 Å². The summed E-state index contributed by atoms with van der Waals surface area (Å²) in [5, 5.41) is 4.41. The number of ether oxygens (including phenoxy) is 4. The number of nitrogens with one attached hydrogen (secondary N) is 1. The molecule has 0 spiro atoms. The van der Waals surface area contributed by atoms with E-state index in [0.29, 0.717) is 52.7 Å². The monoisotopic (exact) mass is 540 g/mol. The van der Waals surface area contributed by atoms with Gasteiger partial charge >= 0.3 is 5.97 Å². The summed E-state index contributed by atoms with van der Waals surface area (Å²) < 4.78 is 22.4. The zero-order chi connectivity index (χ0) is 26.4. The van der Waals surface area contributed by atoms with Crippen LogP contribution in [0, 0.1) is 0 Å². The summed E-state index contributed by atoms with van der Waals surface area (Å²) in [6.07, 6.45) is 0.769. The molecule has 7 nitrogen and oxygen atoms in total. The number of halogens is 1. The van der Waals surface area contributed by atoms with Gasteiger partial charge in [-0.15, -0.1) is 0 Å². The summed E-state index contributed by atoms with van der Waals surface area (Å²) in [6.45, 7) is 3.09. The van der Waals surface area contributed by atoms with Crippen molar-refractivity contribution in [1.82, 2.24) is 4.90 Å². The Hall–Kier alpha value is -3.49. The minimum Gasteiger partial charge on any atom is -0.493 e. The number of hydrogen-bond acceptors (Lipinski definition) is 6. The first-order valence-corrected chi connectivity index (χ1v) is 12.7. The predicted molar refractivity (Wildman–Crippen MR) is 148 cm³/mol. The minimum absolute atomic E-state index is 0.212. The molecule has 0 radical (unpaired) electrons. The number of hydrogen-bond donors (Lipinski definition) is 1. The number of anilines is 1. The molecular weight excluding hydrogens is 512 g/mol. The average Bonchev–Trinajstić information content (AvgIpc) is 2.92. The summed E-state index contributed by atoms with van der Waals surface area (Å²) in [5.74, 6) is 1.58. The molecule has 0 amide bonds. The smallest absolute Gasteiger partial charge is 0.338 e. The number of benzene rings is 3. The molecule has 1 N–H and O–H groups in total. The van der Waals surface area contributed by atoms with Crippen LogP contribution in [0.15, 0.2) is 60.7 Å². The van der Waals surface area contributed by atoms with Gasteiger partial charge < -0.3 is 29.2 Å². The number of fused-ring (bicyclic) bond motifs is 1. The van der Waals surface area contributed by atoms with Gasteiger partial charge in [-0.25, -0.2) is 4.79 Å². The Morgan fingerprint density at radius 1 is 1.08 bits per heavy atom. The van der Waals surface area contributed by atoms with E-state index < -0.39 is 0 Å². The largest absolute Gasteiger partial charge is 0.493 e. The lowest BCUT2D eigenvalue weighted by Crippen LogP contribution is -2.44. The minimum atomic E-state index is -0.363. The normalized spacial score (nSPS) is 14.4. The third-order valence-electron chi connectivity index (χ3n) is 6.15. The predicted octanol–water partition coefficient (Wildman–Crippen LogP) is 5.91. The van der Waals surface area contributed by atoms with Crippen LogP contribution < -0.4 is 19.5 Å². The van der Waals surface area contributed by atoms with Gasteiger partial charge in [0.05, 0.1) is 43.1 Å². The molecule has 1 atom stereocenters. The molecule has 1 aliphatic heterocycles. The quantitative estimate of drug-likeness (QED) is 0.279. The maximum absolute atomic E-state index is 12.0. The van der Waals surface area contributed by atoms with Crippen LogP contribution in [0.2, 0.25) is 5.02 Å². The highest BCUT2D eigenvalue weighted by atomic mass is 35.5. The number of nitrogens with zero attached hydrogens (tertiary/aromatic N) is 1. The van der Waals surface area contributed by atoms with Gasteiger partial charge in [-0.1, -0.05) is 23.7 Å². The van der Waals surface area contributed by atoms with Gasteiger partial charge in [-0.3, -0.25) is 0 Å². The fourth-order valence-corrected chi connectivity index (χ4v) is 4.79. The molecule has 194 valence electrons. The average molecular weight is 541 g/mol. The van der Waals surface area contributed by atoms with E-state index in [1.54, 1.807) is 45.4 Å². The van der Waals surface area contributed by atoms with Crippen molar-refractivity contribution in [3.63, 3.8) is 0 Å². The lowest BCUT2D eigenvalue weighted by molar-refractivity contribution is 0.0526. The van der Waals surface area contributed by atoms with Crippen LogP contribution >= 0.6 is 23.8 Å². The number of esters is 1. The molecule has 0 saturated heterocycles. The molecule has 0 bridgehead atoms. The summed E-state index contributed by atoms with van der Waals surface area (Å²) >= 11 is 12.2. The molecule has 37 heavy (non-hydrogen) atoms. The van der Waals surface area contributed by atoms with Crippen LogP contribution in [-0.2, 0) is 11.2 Å². The number of rotatable bonds is 8. The highest BCUT2D eigenvalue weighted by molar-refractivity contribution is 7.80. The SMILES string of the molecule is CCOC(=O)c1ccc(OC[C@@H]2c3cc(OC)c(OC)cc3CCN2C(=S)Nc2ccccc2Cl)cc1. The second-order valence-corrected chi connectivity index (χ2v) is 9.12. The second-order valence-electron chi connectivity index (χ2n) is 8.33. The fraction of sp³-hybridized carbons (Fsp3) is 0.286. The van der Waals surface area contributed by atoms with Crippen molar-refractivity contribution in [2.45, 2.75) is 19.4 Å². The van der Waals surface area contributed by atoms with E-state index in [9.17, 15) is 4.79 Å². The summed E-state index contributed by atoms with van der Waals surface area (Å²) in [4.78, 5) is 14.1. The van der Waals surface area contributed by atoms with Crippen molar-refractivity contribution in [3.8, 4) is 17.2 Å².